The molecule has 3 aromatic heterocycles. The number of rotatable bonds is 5. The molecule has 1 atom stereocenters. The van der Waals surface area contributed by atoms with Crippen molar-refractivity contribution >= 4 is 34.4 Å². The van der Waals surface area contributed by atoms with Gasteiger partial charge in [0.2, 0.25) is 5.91 Å². The summed E-state index contributed by atoms with van der Waals surface area (Å²) in [6, 6.07) is 1.44. The highest BCUT2D eigenvalue weighted by atomic mass is 35.5. The van der Waals surface area contributed by atoms with Gasteiger partial charge in [0.15, 0.2) is 17.5 Å². The summed E-state index contributed by atoms with van der Waals surface area (Å²) >= 11 is 6.00. The van der Waals surface area contributed by atoms with Crippen molar-refractivity contribution in [3.05, 3.63) is 35.5 Å². The van der Waals surface area contributed by atoms with Gasteiger partial charge in [-0.15, -0.1) is 0 Å². The van der Waals surface area contributed by atoms with Crippen molar-refractivity contribution < 1.29 is 9.18 Å². The molecule has 0 aromatic carbocycles. The van der Waals surface area contributed by atoms with Crippen molar-refractivity contribution in [2.75, 3.05) is 12.4 Å². The zero-order valence-electron chi connectivity index (χ0n) is 13.6. The molecule has 0 aliphatic heterocycles. The summed E-state index contributed by atoms with van der Waals surface area (Å²) in [5, 5.41) is 6.64. The minimum absolute atomic E-state index is 0.0331. The second kappa shape index (κ2) is 7.02. The van der Waals surface area contributed by atoms with Gasteiger partial charge < -0.3 is 15.6 Å². The van der Waals surface area contributed by atoms with Crippen molar-refractivity contribution in [3.8, 4) is 11.4 Å². The third kappa shape index (κ3) is 3.69. The van der Waals surface area contributed by atoms with Gasteiger partial charge in [-0.2, -0.15) is 0 Å². The highest BCUT2D eigenvalue weighted by Gasteiger charge is 2.16. The SMILES string of the molecule is CNC(=O)C[C@H](C)Nc1nc(-c2c[nH]c3ncc(Cl)cc23)ncc1F. The van der Waals surface area contributed by atoms with Crippen molar-refractivity contribution in [1.82, 2.24) is 25.3 Å². The number of fused-ring (bicyclic) bond motifs is 1. The van der Waals surface area contributed by atoms with E-state index in [1.54, 1.807) is 26.2 Å². The molecule has 0 aliphatic rings. The van der Waals surface area contributed by atoms with Gasteiger partial charge in [0.25, 0.3) is 0 Å². The summed E-state index contributed by atoms with van der Waals surface area (Å²) in [6.45, 7) is 1.77. The molecule has 0 bridgehead atoms. The molecule has 0 unspecified atom stereocenters. The molecule has 0 aliphatic carbocycles. The van der Waals surface area contributed by atoms with E-state index in [9.17, 15) is 9.18 Å². The van der Waals surface area contributed by atoms with Crippen LogP contribution in [0.4, 0.5) is 10.2 Å². The van der Waals surface area contributed by atoms with E-state index in [4.69, 9.17) is 11.6 Å². The highest BCUT2D eigenvalue weighted by Crippen LogP contribution is 2.28. The zero-order chi connectivity index (χ0) is 18.0. The third-order valence-electron chi connectivity index (χ3n) is 3.64. The van der Waals surface area contributed by atoms with Crippen molar-refractivity contribution in [3.63, 3.8) is 0 Å². The first-order chi connectivity index (χ1) is 12.0. The minimum atomic E-state index is -0.594. The number of hydrogen-bond donors (Lipinski definition) is 3. The number of carbonyl (C=O) groups is 1. The van der Waals surface area contributed by atoms with Crippen molar-refractivity contribution in [1.29, 1.82) is 0 Å². The fourth-order valence-corrected chi connectivity index (χ4v) is 2.58. The lowest BCUT2D eigenvalue weighted by Crippen LogP contribution is -2.27. The number of halogens is 2. The maximum absolute atomic E-state index is 14.0. The van der Waals surface area contributed by atoms with Crippen LogP contribution >= 0.6 is 11.6 Å². The molecule has 3 aromatic rings. The van der Waals surface area contributed by atoms with E-state index in [1.807, 2.05) is 0 Å². The van der Waals surface area contributed by atoms with Crippen LogP contribution in [-0.2, 0) is 4.79 Å². The molecule has 9 heteroatoms. The molecular formula is C16H16ClFN6O. The molecule has 1 amide bonds. The summed E-state index contributed by atoms with van der Waals surface area (Å²) in [5.74, 6) is -0.382. The lowest BCUT2D eigenvalue weighted by Gasteiger charge is -2.14. The quantitative estimate of drug-likeness (QED) is 0.648. The number of aromatic amines is 1. The smallest absolute Gasteiger partial charge is 0.221 e. The van der Waals surface area contributed by atoms with Gasteiger partial charge >= 0.3 is 0 Å². The molecular weight excluding hydrogens is 347 g/mol. The largest absolute Gasteiger partial charge is 0.365 e. The first-order valence-electron chi connectivity index (χ1n) is 7.60. The lowest BCUT2D eigenvalue weighted by molar-refractivity contribution is -0.120. The van der Waals surface area contributed by atoms with Crippen LogP contribution < -0.4 is 10.6 Å². The van der Waals surface area contributed by atoms with Crippen LogP contribution in [0.1, 0.15) is 13.3 Å². The Bertz CT molecular complexity index is 928. The number of amides is 1. The van der Waals surface area contributed by atoms with E-state index >= 15 is 0 Å². The van der Waals surface area contributed by atoms with Crippen LogP contribution in [0.25, 0.3) is 22.4 Å². The van der Waals surface area contributed by atoms with Gasteiger partial charge in [-0.3, -0.25) is 4.79 Å². The second-order valence-electron chi connectivity index (χ2n) is 5.56. The average molecular weight is 363 g/mol. The summed E-state index contributed by atoms with van der Waals surface area (Å²) < 4.78 is 14.0. The predicted octanol–water partition coefficient (Wildman–Crippen LogP) is 2.75. The Morgan fingerprint density at radius 3 is 2.96 bits per heavy atom. The molecule has 0 saturated heterocycles. The van der Waals surface area contributed by atoms with Crippen LogP contribution in [0.15, 0.2) is 24.7 Å². The first kappa shape index (κ1) is 17.1. The maximum Gasteiger partial charge on any atom is 0.221 e. The van der Waals surface area contributed by atoms with Gasteiger partial charge in [-0.25, -0.2) is 19.3 Å². The Balaban J connectivity index is 1.93. The summed E-state index contributed by atoms with van der Waals surface area (Å²) in [4.78, 5) is 26.9. The zero-order valence-corrected chi connectivity index (χ0v) is 14.4. The fourth-order valence-electron chi connectivity index (χ4n) is 2.43. The summed E-state index contributed by atoms with van der Waals surface area (Å²) in [7, 11) is 1.55. The number of nitrogens with zero attached hydrogens (tertiary/aromatic N) is 3. The van der Waals surface area contributed by atoms with E-state index in [0.717, 1.165) is 11.6 Å². The lowest BCUT2D eigenvalue weighted by atomic mass is 10.2. The van der Waals surface area contributed by atoms with Crippen LogP contribution in [-0.4, -0.2) is 38.9 Å². The van der Waals surface area contributed by atoms with Crippen molar-refractivity contribution in [2.45, 2.75) is 19.4 Å². The molecule has 25 heavy (non-hydrogen) atoms. The fraction of sp³-hybridized carbons (Fsp3) is 0.250. The number of carbonyl (C=O) groups excluding carboxylic acids is 1. The van der Waals surface area contributed by atoms with Crippen LogP contribution in [0.2, 0.25) is 5.02 Å². The molecule has 0 radical (unpaired) electrons. The van der Waals surface area contributed by atoms with Gasteiger partial charge in [0.1, 0.15) is 5.65 Å². The average Bonchev–Trinajstić information content (AvgIpc) is 2.99. The van der Waals surface area contributed by atoms with E-state index in [0.29, 0.717) is 22.1 Å². The standard InChI is InChI=1S/C16H16ClFN6O/c1-8(3-13(25)19-2)23-16-12(18)7-22-15(24-16)11-6-21-14-10(11)4-9(17)5-20-14/h4-8H,3H2,1-2H3,(H,19,25)(H,20,21)(H,22,23,24)/t8-/m0/s1. The molecule has 0 fully saturated rings. The third-order valence-corrected chi connectivity index (χ3v) is 3.84. The number of aromatic nitrogens is 4. The van der Waals surface area contributed by atoms with Gasteiger partial charge in [-0.1, -0.05) is 11.6 Å². The first-order valence-corrected chi connectivity index (χ1v) is 7.98. The predicted molar refractivity (Wildman–Crippen MR) is 93.9 cm³/mol. The number of hydrogen-bond acceptors (Lipinski definition) is 5. The van der Waals surface area contributed by atoms with E-state index < -0.39 is 5.82 Å². The van der Waals surface area contributed by atoms with E-state index in [2.05, 4.69) is 30.6 Å². The number of pyridine rings is 1. The minimum Gasteiger partial charge on any atom is -0.365 e. The molecule has 0 spiro atoms. The Morgan fingerprint density at radius 1 is 1.40 bits per heavy atom. The van der Waals surface area contributed by atoms with Gasteiger partial charge in [-0.05, 0) is 13.0 Å². The Kier molecular flexibility index (Phi) is 4.80. The number of anilines is 1. The normalized spacial score (nSPS) is 12.2. The topological polar surface area (TPSA) is 95.6 Å². The Morgan fingerprint density at radius 2 is 2.20 bits per heavy atom. The molecule has 130 valence electrons. The number of H-pyrrole nitrogens is 1. The highest BCUT2D eigenvalue weighted by molar-refractivity contribution is 6.31. The van der Waals surface area contributed by atoms with E-state index in [1.165, 1.54) is 6.20 Å². The second-order valence-corrected chi connectivity index (χ2v) is 6.00. The summed E-state index contributed by atoms with van der Waals surface area (Å²) in [6.07, 6.45) is 4.51. The number of nitrogens with one attached hydrogen (secondary N) is 3. The van der Waals surface area contributed by atoms with Gasteiger partial charge in [0.05, 0.1) is 11.2 Å². The van der Waals surface area contributed by atoms with Crippen LogP contribution in [0.5, 0.6) is 0 Å². The molecule has 3 heterocycles. The molecule has 0 saturated carbocycles. The van der Waals surface area contributed by atoms with E-state index in [-0.39, 0.29) is 24.2 Å². The maximum atomic E-state index is 14.0. The molecule has 7 nitrogen and oxygen atoms in total. The monoisotopic (exact) mass is 362 g/mol. The summed E-state index contributed by atoms with van der Waals surface area (Å²) in [5.41, 5.74) is 1.29. The van der Waals surface area contributed by atoms with Gasteiger partial charge in [0, 0.05) is 42.9 Å². The molecule has 3 N–H and O–H groups in total. The Labute approximate surface area is 148 Å². The van der Waals surface area contributed by atoms with Crippen LogP contribution in [0, 0.1) is 5.82 Å². The Hall–Kier alpha value is -2.74. The molecule has 3 rings (SSSR count). The van der Waals surface area contributed by atoms with Crippen LogP contribution in [0.3, 0.4) is 0 Å². The van der Waals surface area contributed by atoms with Crippen molar-refractivity contribution in [2.24, 2.45) is 0 Å².